The summed E-state index contributed by atoms with van der Waals surface area (Å²) < 4.78 is 49.6. The van der Waals surface area contributed by atoms with Crippen molar-refractivity contribution in [2.24, 2.45) is 5.41 Å². The summed E-state index contributed by atoms with van der Waals surface area (Å²) in [5, 5.41) is 0. The zero-order valence-corrected chi connectivity index (χ0v) is 16.5. The number of aromatic nitrogens is 1. The fourth-order valence-corrected chi connectivity index (χ4v) is 4.01. The van der Waals surface area contributed by atoms with Crippen molar-refractivity contribution in [1.29, 1.82) is 0 Å². The largest absolute Gasteiger partial charge is 0.474 e. The van der Waals surface area contributed by atoms with E-state index in [2.05, 4.69) is 4.98 Å². The molecule has 0 bridgehead atoms. The summed E-state index contributed by atoms with van der Waals surface area (Å²) in [6.07, 6.45) is -0.726. The zero-order chi connectivity index (χ0) is 20.6. The van der Waals surface area contributed by atoms with Gasteiger partial charge >= 0.3 is 12.3 Å². The highest BCUT2D eigenvalue weighted by Crippen LogP contribution is 2.47. The van der Waals surface area contributed by atoms with Crippen LogP contribution in [-0.4, -0.2) is 40.8 Å². The molecule has 1 aromatic heterocycles. The van der Waals surface area contributed by atoms with Gasteiger partial charge in [-0.3, -0.25) is 0 Å². The van der Waals surface area contributed by atoms with Gasteiger partial charge in [0.05, 0.1) is 0 Å². The summed E-state index contributed by atoms with van der Waals surface area (Å²) in [7, 11) is 0. The van der Waals surface area contributed by atoms with Gasteiger partial charge in [-0.25, -0.2) is 9.78 Å². The Morgan fingerprint density at radius 2 is 1.86 bits per heavy atom. The molecule has 1 saturated heterocycles. The molecule has 156 valence electrons. The second-order valence-electron chi connectivity index (χ2n) is 8.81. The number of hydrogen-bond acceptors (Lipinski definition) is 4. The monoisotopic (exact) mass is 400 g/mol. The van der Waals surface area contributed by atoms with Gasteiger partial charge in [0.25, 0.3) is 0 Å². The standard InChI is InChI=1S/C20H27F3N2O3/c1-18(2,3)28-17(26)25-11-9-19(10-12-25)8-7-14(13-19)27-16-6-4-5-15(24-16)20(21,22)23/h4-6,14H,7-13H2,1-3H3. The number of pyridine rings is 1. The number of halogens is 3. The second kappa shape index (κ2) is 7.44. The van der Waals surface area contributed by atoms with Crippen LogP contribution in [0.4, 0.5) is 18.0 Å². The van der Waals surface area contributed by atoms with Crippen LogP contribution >= 0.6 is 0 Å². The molecule has 0 aromatic carbocycles. The molecular formula is C20H27F3N2O3. The molecule has 1 unspecified atom stereocenters. The van der Waals surface area contributed by atoms with E-state index < -0.39 is 17.5 Å². The first-order valence-corrected chi connectivity index (χ1v) is 9.65. The summed E-state index contributed by atoms with van der Waals surface area (Å²) in [5.74, 6) is 0.0167. The molecule has 1 aromatic rings. The van der Waals surface area contributed by atoms with Crippen LogP contribution in [0.25, 0.3) is 0 Å². The van der Waals surface area contributed by atoms with Gasteiger partial charge in [-0.2, -0.15) is 13.2 Å². The first-order valence-electron chi connectivity index (χ1n) is 9.65. The van der Waals surface area contributed by atoms with Crippen LogP contribution in [0, 0.1) is 5.41 Å². The van der Waals surface area contributed by atoms with Crippen molar-refractivity contribution < 1.29 is 27.4 Å². The maximum Gasteiger partial charge on any atom is 0.433 e. The van der Waals surface area contributed by atoms with Crippen molar-refractivity contribution in [1.82, 2.24) is 9.88 Å². The van der Waals surface area contributed by atoms with Crippen molar-refractivity contribution in [3.05, 3.63) is 23.9 Å². The SMILES string of the molecule is CC(C)(C)OC(=O)N1CCC2(CCC(Oc3cccc(C(F)(F)F)n3)C2)CC1. The Morgan fingerprint density at radius 3 is 2.46 bits per heavy atom. The number of alkyl halides is 3. The van der Waals surface area contributed by atoms with Crippen molar-refractivity contribution in [3.63, 3.8) is 0 Å². The van der Waals surface area contributed by atoms with Gasteiger partial charge in [0.2, 0.25) is 5.88 Å². The van der Waals surface area contributed by atoms with E-state index in [0.29, 0.717) is 13.1 Å². The molecule has 5 nitrogen and oxygen atoms in total. The number of nitrogens with zero attached hydrogens (tertiary/aromatic N) is 2. The molecule has 1 aliphatic carbocycles. The molecule has 8 heteroatoms. The third-order valence-electron chi connectivity index (χ3n) is 5.43. The lowest BCUT2D eigenvalue weighted by Gasteiger charge is -2.39. The maximum absolute atomic E-state index is 12.8. The average Bonchev–Trinajstić information content (AvgIpc) is 2.95. The lowest BCUT2D eigenvalue weighted by Crippen LogP contribution is -2.44. The molecule has 1 amide bonds. The Hall–Kier alpha value is -1.99. The number of hydrogen-bond donors (Lipinski definition) is 0. The van der Waals surface area contributed by atoms with Gasteiger partial charge < -0.3 is 14.4 Å². The molecule has 2 fully saturated rings. The number of ether oxygens (including phenoxy) is 2. The second-order valence-corrected chi connectivity index (χ2v) is 8.81. The highest BCUT2D eigenvalue weighted by molar-refractivity contribution is 5.68. The third-order valence-corrected chi connectivity index (χ3v) is 5.43. The van der Waals surface area contributed by atoms with Crippen molar-refractivity contribution in [3.8, 4) is 5.88 Å². The Labute approximate surface area is 163 Å². The molecule has 1 atom stereocenters. The molecule has 0 N–H and O–H groups in total. The van der Waals surface area contributed by atoms with Crippen LogP contribution < -0.4 is 4.74 Å². The number of likely N-dealkylation sites (tertiary alicyclic amines) is 1. The van der Waals surface area contributed by atoms with Gasteiger partial charge in [0, 0.05) is 19.2 Å². The van der Waals surface area contributed by atoms with E-state index in [4.69, 9.17) is 9.47 Å². The minimum atomic E-state index is -4.48. The van der Waals surface area contributed by atoms with E-state index in [-0.39, 0.29) is 23.5 Å². The Balaban J connectivity index is 1.54. The molecule has 28 heavy (non-hydrogen) atoms. The summed E-state index contributed by atoms with van der Waals surface area (Å²) in [4.78, 5) is 17.5. The Bertz CT molecular complexity index is 707. The van der Waals surface area contributed by atoms with Crippen LogP contribution in [0.15, 0.2) is 18.2 Å². The van der Waals surface area contributed by atoms with E-state index >= 15 is 0 Å². The van der Waals surface area contributed by atoms with Crippen LogP contribution in [0.5, 0.6) is 5.88 Å². The Kier molecular flexibility index (Phi) is 5.51. The highest BCUT2D eigenvalue weighted by Gasteiger charge is 2.43. The number of rotatable bonds is 2. The van der Waals surface area contributed by atoms with E-state index in [1.165, 1.54) is 12.1 Å². The predicted molar refractivity (Wildman–Crippen MR) is 97.0 cm³/mol. The quantitative estimate of drug-likeness (QED) is 0.697. The number of piperidine rings is 1. The Morgan fingerprint density at radius 1 is 1.18 bits per heavy atom. The minimum absolute atomic E-state index is 0.0167. The molecule has 0 radical (unpaired) electrons. The predicted octanol–water partition coefficient (Wildman–Crippen LogP) is 5.05. The fraction of sp³-hybridized carbons (Fsp3) is 0.700. The average molecular weight is 400 g/mol. The summed E-state index contributed by atoms with van der Waals surface area (Å²) in [6.45, 7) is 6.79. The molecule has 2 aliphatic rings. The van der Waals surface area contributed by atoms with Crippen molar-refractivity contribution in [2.75, 3.05) is 13.1 Å². The van der Waals surface area contributed by atoms with Crippen LogP contribution in [0.2, 0.25) is 0 Å². The summed E-state index contributed by atoms with van der Waals surface area (Å²) in [6, 6.07) is 3.72. The molecule has 1 saturated carbocycles. The number of carbonyl (C=O) groups is 1. The van der Waals surface area contributed by atoms with E-state index in [9.17, 15) is 18.0 Å². The molecule has 2 heterocycles. The topological polar surface area (TPSA) is 51.7 Å². The smallest absolute Gasteiger partial charge is 0.433 e. The molecule has 1 aliphatic heterocycles. The molecule has 1 spiro atoms. The summed E-state index contributed by atoms with van der Waals surface area (Å²) >= 11 is 0. The highest BCUT2D eigenvalue weighted by atomic mass is 19.4. The molecule has 3 rings (SSSR count). The zero-order valence-electron chi connectivity index (χ0n) is 16.5. The minimum Gasteiger partial charge on any atom is -0.474 e. The van der Waals surface area contributed by atoms with Crippen LogP contribution in [0.1, 0.15) is 58.6 Å². The van der Waals surface area contributed by atoms with E-state index in [0.717, 1.165) is 38.2 Å². The van der Waals surface area contributed by atoms with Crippen LogP contribution in [-0.2, 0) is 10.9 Å². The third kappa shape index (κ3) is 5.08. The lowest BCUT2D eigenvalue weighted by molar-refractivity contribution is -0.141. The normalized spacial score (nSPS) is 22.4. The van der Waals surface area contributed by atoms with Crippen molar-refractivity contribution in [2.45, 2.75) is 70.8 Å². The van der Waals surface area contributed by atoms with Gasteiger partial charge in [-0.05, 0) is 64.4 Å². The van der Waals surface area contributed by atoms with Gasteiger partial charge in [0.1, 0.15) is 17.4 Å². The van der Waals surface area contributed by atoms with E-state index in [1.807, 2.05) is 20.8 Å². The number of carbonyl (C=O) groups excluding carboxylic acids is 1. The van der Waals surface area contributed by atoms with Gasteiger partial charge in [0.15, 0.2) is 0 Å². The lowest BCUT2D eigenvalue weighted by atomic mass is 9.77. The van der Waals surface area contributed by atoms with Gasteiger partial charge in [-0.15, -0.1) is 0 Å². The summed E-state index contributed by atoms with van der Waals surface area (Å²) in [5.41, 5.74) is -1.38. The number of amides is 1. The van der Waals surface area contributed by atoms with E-state index in [1.54, 1.807) is 4.90 Å². The van der Waals surface area contributed by atoms with Gasteiger partial charge in [-0.1, -0.05) is 6.07 Å². The first-order chi connectivity index (χ1) is 13.0. The first kappa shape index (κ1) is 20.7. The molecular weight excluding hydrogens is 373 g/mol. The fourth-order valence-electron chi connectivity index (χ4n) is 4.01. The maximum atomic E-state index is 12.8. The van der Waals surface area contributed by atoms with Crippen molar-refractivity contribution >= 4 is 6.09 Å². The van der Waals surface area contributed by atoms with Crippen LogP contribution in [0.3, 0.4) is 0 Å².